The van der Waals surface area contributed by atoms with Crippen LogP contribution in [-0.4, -0.2) is 40.0 Å². The lowest BCUT2D eigenvalue weighted by molar-refractivity contribution is -0.170. The van der Waals surface area contributed by atoms with E-state index in [2.05, 4.69) is 6.58 Å². The summed E-state index contributed by atoms with van der Waals surface area (Å²) in [6.07, 6.45) is 1.29. The van der Waals surface area contributed by atoms with Gasteiger partial charge in [0.1, 0.15) is 12.2 Å². The molecule has 3 aliphatic rings. The molecule has 1 saturated carbocycles. The van der Waals surface area contributed by atoms with Gasteiger partial charge in [-0.1, -0.05) is 42.5 Å². The highest BCUT2D eigenvalue weighted by molar-refractivity contribution is 6.05. The van der Waals surface area contributed by atoms with Crippen LogP contribution in [0.3, 0.4) is 0 Å². The number of hydrogen-bond donors (Lipinski definition) is 0. The first kappa shape index (κ1) is 19.0. The summed E-state index contributed by atoms with van der Waals surface area (Å²) in [4.78, 5) is 35.1. The molecule has 1 fully saturated rings. The maximum absolute atomic E-state index is 13.8. The predicted octanol–water partition coefficient (Wildman–Crippen LogP) is 4.08. The Labute approximate surface area is 184 Å². The van der Waals surface area contributed by atoms with Crippen LogP contribution in [-0.2, 0) is 11.3 Å². The predicted molar refractivity (Wildman–Crippen MR) is 116 cm³/mol. The van der Waals surface area contributed by atoms with Crippen LogP contribution < -0.4 is 9.57 Å². The van der Waals surface area contributed by atoms with Gasteiger partial charge in [-0.15, -0.1) is 0 Å². The molecule has 162 valence electrons. The fraction of sp³-hybridized carbons (Fsp3) is 0.280. The van der Waals surface area contributed by atoms with E-state index in [1.54, 1.807) is 17.9 Å². The van der Waals surface area contributed by atoms with Gasteiger partial charge in [0.05, 0.1) is 11.9 Å². The molecule has 3 aromatic rings. The number of carbonyl (C=O) groups excluding carboxylic acids is 2. The van der Waals surface area contributed by atoms with Crippen molar-refractivity contribution < 1.29 is 23.6 Å². The van der Waals surface area contributed by atoms with E-state index in [0.717, 1.165) is 16.5 Å². The van der Waals surface area contributed by atoms with Gasteiger partial charge in [0.25, 0.3) is 11.8 Å². The van der Waals surface area contributed by atoms with E-state index >= 15 is 0 Å². The normalized spacial score (nSPS) is 22.7. The van der Waals surface area contributed by atoms with E-state index < -0.39 is 5.54 Å². The van der Waals surface area contributed by atoms with Gasteiger partial charge in [-0.25, -0.2) is 0 Å². The van der Waals surface area contributed by atoms with E-state index in [9.17, 15) is 9.59 Å². The molecule has 3 heterocycles. The minimum Gasteiger partial charge on any atom is -0.486 e. The third-order valence-electron chi connectivity index (χ3n) is 6.59. The minimum atomic E-state index is -1.27. The third-order valence-corrected chi connectivity index (χ3v) is 6.59. The molecule has 2 aliphatic heterocycles. The molecule has 2 aromatic carbocycles. The SMILES string of the molecule is C=C1CC(N2C(=O)c3oc4ccccc4c3OCC2(C)C(=O)N2Cc3ccccc3O2)C1. The molecule has 1 atom stereocenters. The Kier molecular flexibility index (Phi) is 3.93. The molecule has 1 aliphatic carbocycles. The number of ether oxygens (including phenoxy) is 1. The lowest BCUT2D eigenvalue weighted by atomic mass is 9.82. The Morgan fingerprint density at radius 1 is 1.12 bits per heavy atom. The zero-order chi connectivity index (χ0) is 22.0. The number of para-hydroxylation sites is 2. The number of hydrogen-bond acceptors (Lipinski definition) is 5. The van der Waals surface area contributed by atoms with Crippen molar-refractivity contribution in [1.82, 2.24) is 9.96 Å². The fourth-order valence-corrected chi connectivity index (χ4v) is 4.86. The minimum absolute atomic E-state index is 0.00666. The number of furan rings is 1. The van der Waals surface area contributed by atoms with Gasteiger partial charge in [0.15, 0.2) is 17.0 Å². The van der Waals surface area contributed by atoms with Crippen LogP contribution in [0, 0.1) is 0 Å². The topological polar surface area (TPSA) is 72.2 Å². The van der Waals surface area contributed by atoms with E-state index in [0.29, 0.717) is 36.5 Å². The highest BCUT2D eigenvalue weighted by Crippen LogP contribution is 2.43. The molecule has 0 N–H and O–H groups in total. The zero-order valence-corrected chi connectivity index (χ0v) is 17.7. The number of nitrogens with zero attached hydrogens (tertiary/aromatic N) is 2. The van der Waals surface area contributed by atoms with Crippen LogP contribution in [0.1, 0.15) is 35.9 Å². The van der Waals surface area contributed by atoms with Gasteiger partial charge in [-0.2, -0.15) is 5.06 Å². The first-order chi connectivity index (χ1) is 15.5. The number of benzene rings is 2. The standard InChI is InChI=1S/C25H22N2O5/c1-15-11-17(12-15)27-23(28)22-21(18-8-4-6-10-20(18)31-22)30-14-25(27,2)24(29)26-13-16-7-3-5-9-19(16)32-26/h3-10,17H,1,11-14H2,2H3. The summed E-state index contributed by atoms with van der Waals surface area (Å²) >= 11 is 0. The molecule has 6 rings (SSSR count). The molecule has 1 unspecified atom stereocenters. The zero-order valence-electron chi connectivity index (χ0n) is 17.7. The number of carbonyl (C=O) groups is 2. The molecule has 1 aromatic heterocycles. The molecule has 0 radical (unpaired) electrons. The molecular weight excluding hydrogens is 408 g/mol. The lowest BCUT2D eigenvalue weighted by Gasteiger charge is -2.47. The highest BCUT2D eigenvalue weighted by Gasteiger charge is 2.54. The van der Waals surface area contributed by atoms with E-state index in [1.165, 1.54) is 5.06 Å². The second kappa shape index (κ2) is 6.63. The fourth-order valence-electron chi connectivity index (χ4n) is 4.86. The van der Waals surface area contributed by atoms with Gasteiger partial charge < -0.3 is 18.9 Å². The van der Waals surface area contributed by atoms with Gasteiger partial charge in [0.2, 0.25) is 5.76 Å². The van der Waals surface area contributed by atoms with Crippen molar-refractivity contribution >= 4 is 22.8 Å². The molecule has 0 spiro atoms. The molecule has 0 bridgehead atoms. The molecule has 7 heteroatoms. The largest absolute Gasteiger partial charge is 0.486 e. The van der Waals surface area contributed by atoms with E-state index in [4.69, 9.17) is 14.0 Å². The smallest absolute Gasteiger partial charge is 0.294 e. The summed E-state index contributed by atoms with van der Waals surface area (Å²) < 4.78 is 12.1. The Morgan fingerprint density at radius 2 is 1.88 bits per heavy atom. The Hall–Kier alpha value is -3.74. The molecule has 2 amide bonds. The highest BCUT2D eigenvalue weighted by atomic mass is 16.7. The first-order valence-electron chi connectivity index (χ1n) is 10.7. The van der Waals surface area contributed by atoms with Crippen molar-refractivity contribution in [2.45, 2.75) is 37.9 Å². The summed E-state index contributed by atoms with van der Waals surface area (Å²) in [5.41, 5.74) is 1.29. The second-order valence-corrected chi connectivity index (χ2v) is 8.85. The van der Waals surface area contributed by atoms with Crippen LogP contribution in [0.25, 0.3) is 11.0 Å². The third kappa shape index (κ3) is 2.60. The molecule has 32 heavy (non-hydrogen) atoms. The maximum atomic E-state index is 13.8. The summed E-state index contributed by atoms with van der Waals surface area (Å²) in [7, 11) is 0. The van der Waals surface area contributed by atoms with Crippen LogP contribution >= 0.6 is 0 Å². The molecule has 0 saturated heterocycles. The Morgan fingerprint density at radius 3 is 2.66 bits per heavy atom. The second-order valence-electron chi connectivity index (χ2n) is 8.85. The van der Waals surface area contributed by atoms with Crippen molar-refractivity contribution in [3.05, 3.63) is 72.0 Å². The van der Waals surface area contributed by atoms with Gasteiger partial charge in [0, 0.05) is 11.6 Å². The van der Waals surface area contributed by atoms with E-state index in [1.807, 2.05) is 42.5 Å². The summed E-state index contributed by atoms with van der Waals surface area (Å²) in [5, 5.41) is 2.04. The van der Waals surface area contributed by atoms with Crippen molar-refractivity contribution in [1.29, 1.82) is 0 Å². The van der Waals surface area contributed by atoms with Gasteiger partial charge >= 0.3 is 0 Å². The van der Waals surface area contributed by atoms with Crippen molar-refractivity contribution in [2.24, 2.45) is 0 Å². The van der Waals surface area contributed by atoms with Crippen molar-refractivity contribution in [2.75, 3.05) is 6.61 Å². The van der Waals surface area contributed by atoms with Crippen molar-refractivity contribution in [3.63, 3.8) is 0 Å². The van der Waals surface area contributed by atoms with Crippen LogP contribution in [0.4, 0.5) is 0 Å². The summed E-state index contributed by atoms with van der Waals surface area (Å²) in [5.74, 6) is 0.487. The van der Waals surface area contributed by atoms with Gasteiger partial charge in [-0.05, 0) is 38.0 Å². The van der Waals surface area contributed by atoms with E-state index in [-0.39, 0.29) is 30.2 Å². The first-order valence-corrected chi connectivity index (χ1v) is 10.7. The number of amides is 2. The van der Waals surface area contributed by atoms with Crippen LogP contribution in [0.15, 0.2) is 65.1 Å². The monoisotopic (exact) mass is 430 g/mol. The van der Waals surface area contributed by atoms with Crippen LogP contribution in [0.5, 0.6) is 11.5 Å². The summed E-state index contributed by atoms with van der Waals surface area (Å²) in [6.45, 7) is 6.07. The van der Waals surface area contributed by atoms with Crippen LogP contribution in [0.2, 0.25) is 0 Å². The number of rotatable bonds is 2. The van der Waals surface area contributed by atoms with Crippen molar-refractivity contribution in [3.8, 4) is 11.5 Å². The quantitative estimate of drug-likeness (QED) is 0.573. The summed E-state index contributed by atoms with van der Waals surface area (Å²) in [6, 6.07) is 14.7. The Bertz CT molecular complexity index is 1260. The maximum Gasteiger partial charge on any atom is 0.294 e. The van der Waals surface area contributed by atoms with Gasteiger partial charge in [-0.3, -0.25) is 9.59 Å². The molecular formula is C25H22N2O5. The number of hydroxylamine groups is 2. The average Bonchev–Trinajstić information content (AvgIpc) is 3.35. The lowest BCUT2D eigenvalue weighted by Crippen LogP contribution is -2.65. The average molecular weight is 430 g/mol. The number of fused-ring (bicyclic) bond motifs is 4. The Balaban J connectivity index is 1.41. The molecule has 7 nitrogen and oxygen atoms in total.